The van der Waals surface area contributed by atoms with Crippen LogP contribution >= 0.6 is 0 Å². The largest absolute Gasteiger partial charge is 0.493 e. The predicted octanol–water partition coefficient (Wildman–Crippen LogP) is 1.48. The predicted molar refractivity (Wildman–Crippen MR) is 66.1 cm³/mol. The van der Waals surface area contributed by atoms with Crippen LogP contribution in [-0.2, 0) is 13.0 Å². The van der Waals surface area contributed by atoms with E-state index >= 15 is 0 Å². The van der Waals surface area contributed by atoms with Crippen LogP contribution in [0, 0.1) is 5.41 Å². The molecule has 1 aromatic rings. The van der Waals surface area contributed by atoms with Gasteiger partial charge in [0.1, 0.15) is 5.75 Å². The minimum absolute atomic E-state index is 0.194. The number of nitrogens with one attached hydrogen (secondary N) is 1. The van der Waals surface area contributed by atoms with Crippen LogP contribution in [0.2, 0.25) is 0 Å². The van der Waals surface area contributed by atoms with E-state index in [0.29, 0.717) is 6.61 Å². The van der Waals surface area contributed by atoms with E-state index in [2.05, 4.69) is 23.5 Å². The molecule has 0 spiro atoms. The lowest BCUT2D eigenvalue weighted by Gasteiger charge is -2.13. The van der Waals surface area contributed by atoms with E-state index in [1.54, 1.807) is 0 Å². The van der Waals surface area contributed by atoms with Gasteiger partial charge >= 0.3 is 0 Å². The third-order valence-electron chi connectivity index (χ3n) is 3.88. The molecule has 0 amide bonds. The Balaban J connectivity index is 1.55. The minimum atomic E-state index is 0.194. The lowest BCUT2D eigenvalue weighted by Crippen LogP contribution is -2.26. The standard InChI is InChI=1S/C14H19NO2/c16-10-14(4-5-14)9-15-8-11-1-2-13-12(7-11)3-6-17-13/h1-2,7,15-16H,3-6,8-10H2. The second-order valence-corrected chi connectivity index (χ2v) is 5.30. The van der Waals surface area contributed by atoms with E-state index in [-0.39, 0.29) is 5.41 Å². The molecule has 1 fully saturated rings. The number of hydrogen-bond acceptors (Lipinski definition) is 3. The van der Waals surface area contributed by atoms with E-state index in [1.165, 1.54) is 11.1 Å². The fourth-order valence-corrected chi connectivity index (χ4v) is 2.39. The molecule has 1 aliphatic carbocycles. The molecule has 0 atom stereocenters. The van der Waals surface area contributed by atoms with Crippen LogP contribution in [0.1, 0.15) is 24.0 Å². The molecule has 1 aromatic carbocycles. The third-order valence-corrected chi connectivity index (χ3v) is 3.88. The molecule has 0 unspecified atom stereocenters. The van der Waals surface area contributed by atoms with Gasteiger partial charge in [-0.15, -0.1) is 0 Å². The number of aliphatic hydroxyl groups is 1. The molecular weight excluding hydrogens is 214 g/mol. The summed E-state index contributed by atoms with van der Waals surface area (Å²) in [6.45, 7) is 2.95. The monoisotopic (exact) mass is 233 g/mol. The molecule has 2 N–H and O–H groups in total. The van der Waals surface area contributed by atoms with Crippen molar-refractivity contribution in [3.05, 3.63) is 29.3 Å². The average Bonchev–Trinajstić information content (AvgIpc) is 2.98. The zero-order valence-electron chi connectivity index (χ0n) is 10.0. The number of hydrogen-bond donors (Lipinski definition) is 2. The first-order valence-electron chi connectivity index (χ1n) is 6.38. The van der Waals surface area contributed by atoms with Gasteiger partial charge in [-0.2, -0.15) is 0 Å². The molecule has 0 radical (unpaired) electrons. The molecular formula is C14H19NO2. The SMILES string of the molecule is OCC1(CNCc2ccc3c(c2)CCO3)CC1. The Morgan fingerprint density at radius 1 is 1.35 bits per heavy atom. The zero-order valence-corrected chi connectivity index (χ0v) is 10.0. The molecule has 3 rings (SSSR count). The third kappa shape index (κ3) is 2.31. The summed E-state index contributed by atoms with van der Waals surface area (Å²) in [7, 11) is 0. The van der Waals surface area contributed by atoms with Crippen molar-refractivity contribution in [2.45, 2.75) is 25.8 Å². The van der Waals surface area contributed by atoms with Gasteiger partial charge < -0.3 is 15.2 Å². The zero-order chi connectivity index (χ0) is 11.7. The van der Waals surface area contributed by atoms with Gasteiger partial charge in [-0.25, -0.2) is 0 Å². The highest BCUT2D eigenvalue weighted by Gasteiger charge is 2.41. The van der Waals surface area contributed by atoms with E-state index in [0.717, 1.165) is 44.7 Å². The fourth-order valence-electron chi connectivity index (χ4n) is 2.39. The second kappa shape index (κ2) is 4.31. The van der Waals surface area contributed by atoms with Crippen LogP contribution in [0.25, 0.3) is 0 Å². The first-order valence-corrected chi connectivity index (χ1v) is 6.38. The van der Waals surface area contributed by atoms with E-state index < -0.39 is 0 Å². The van der Waals surface area contributed by atoms with E-state index in [1.807, 2.05) is 0 Å². The highest BCUT2D eigenvalue weighted by Crippen LogP contribution is 2.44. The van der Waals surface area contributed by atoms with Gasteiger partial charge in [-0.1, -0.05) is 12.1 Å². The summed E-state index contributed by atoms with van der Waals surface area (Å²) in [5.74, 6) is 1.04. The number of aliphatic hydroxyl groups excluding tert-OH is 1. The van der Waals surface area contributed by atoms with Crippen LogP contribution in [0.5, 0.6) is 5.75 Å². The molecule has 92 valence electrons. The lowest BCUT2D eigenvalue weighted by molar-refractivity contribution is 0.207. The summed E-state index contributed by atoms with van der Waals surface area (Å²) in [4.78, 5) is 0. The van der Waals surface area contributed by atoms with E-state index in [4.69, 9.17) is 4.74 Å². The van der Waals surface area contributed by atoms with Crippen molar-refractivity contribution < 1.29 is 9.84 Å². The van der Waals surface area contributed by atoms with Crippen molar-refractivity contribution in [3.8, 4) is 5.75 Å². The Morgan fingerprint density at radius 2 is 2.24 bits per heavy atom. The smallest absolute Gasteiger partial charge is 0.122 e. The molecule has 2 aliphatic rings. The summed E-state index contributed by atoms with van der Waals surface area (Å²) in [6.07, 6.45) is 3.35. The number of ether oxygens (including phenoxy) is 1. The second-order valence-electron chi connectivity index (χ2n) is 5.30. The maximum absolute atomic E-state index is 9.22. The highest BCUT2D eigenvalue weighted by atomic mass is 16.5. The first kappa shape index (κ1) is 11.1. The minimum Gasteiger partial charge on any atom is -0.493 e. The average molecular weight is 233 g/mol. The van der Waals surface area contributed by atoms with E-state index in [9.17, 15) is 5.11 Å². The van der Waals surface area contributed by atoms with Crippen molar-refractivity contribution in [2.24, 2.45) is 5.41 Å². The maximum atomic E-state index is 9.22. The van der Waals surface area contributed by atoms with Gasteiger partial charge in [-0.05, 0) is 30.0 Å². The Hall–Kier alpha value is -1.06. The highest BCUT2D eigenvalue weighted by molar-refractivity contribution is 5.39. The Labute approximate surface area is 102 Å². The topological polar surface area (TPSA) is 41.5 Å². The normalized spacial score (nSPS) is 19.8. The summed E-state index contributed by atoms with van der Waals surface area (Å²) in [5, 5.41) is 12.7. The summed E-state index contributed by atoms with van der Waals surface area (Å²) in [6, 6.07) is 6.42. The molecule has 17 heavy (non-hydrogen) atoms. The van der Waals surface area contributed by atoms with Crippen molar-refractivity contribution >= 4 is 0 Å². The Morgan fingerprint density at radius 3 is 3.00 bits per heavy atom. The van der Waals surface area contributed by atoms with Crippen molar-refractivity contribution in [2.75, 3.05) is 19.8 Å². The number of fused-ring (bicyclic) bond motifs is 1. The van der Waals surface area contributed by atoms with Gasteiger partial charge in [-0.3, -0.25) is 0 Å². The molecule has 3 nitrogen and oxygen atoms in total. The maximum Gasteiger partial charge on any atom is 0.122 e. The number of rotatable bonds is 5. The van der Waals surface area contributed by atoms with Gasteiger partial charge in [0.2, 0.25) is 0 Å². The van der Waals surface area contributed by atoms with Crippen molar-refractivity contribution in [1.82, 2.24) is 5.32 Å². The summed E-state index contributed by atoms with van der Waals surface area (Å²) in [5.41, 5.74) is 2.83. The van der Waals surface area contributed by atoms with Crippen molar-refractivity contribution in [1.29, 1.82) is 0 Å². The Bertz CT molecular complexity index is 413. The summed E-state index contributed by atoms with van der Waals surface area (Å²) >= 11 is 0. The molecule has 0 bridgehead atoms. The van der Waals surface area contributed by atoms with Gasteiger partial charge in [0, 0.05) is 31.5 Å². The van der Waals surface area contributed by atoms with Crippen LogP contribution in [0.15, 0.2) is 18.2 Å². The number of benzene rings is 1. The van der Waals surface area contributed by atoms with Gasteiger partial charge in [0.15, 0.2) is 0 Å². The van der Waals surface area contributed by atoms with Crippen LogP contribution in [-0.4, -0.2) is 24.9 Å². The molecule has 0 aromatic heterocycles. The molecule has 1 saturated carbocycles. The quantitative estimate of drug-likeness (QED) is 0.809. The van der Waals surface area contributed by atoms with Gasteiger partial charge in [0.25, 0.3) is 0 Å². The molecule has 1 heterocycles. The lowest BCUT2D eigenvalue weighted by atomic mass is 10.1. The Kier molecular flexibility index (Phi) is 2.81. The van der Waals surface area contributed by atoms with Gasteiger partial charge in [0.05, 0.1) is 6.61 Å². The first-order chi connectivity index (χ1) is 8.31. The fraction of sp³-hybridized carbons (Fsp3) is 0.571. The molecule has 3 heteroatoms. The molecule has 1 aliphatic heterocycles. The van der Waals surface area contributed by atoms with Crippen LogP contribution in [0.3, 0.4) is 0 Å². The molecule has 0 saturated heterocycles. The van der Waals surface area contributed by atoms with Crippen LogP contribution in [0.4, 0.5) is 0 Å². The summed E-state index contributed by atoms with van der Waals surface area (Å²) < 4.78 is 5.49. The van der Waals surface area contributed by atoms with Crippen molar-refractivity contribution in [3.63, 3.8) is 0 Å². The van der Waals surface area contributed by atoms with Crippen LogP contribution < -0.4 is 10.1 Å².